The second kappa shape index (κ2) is 7.47. The topological polar surface area (TPSA) is 26.3 Å². The van der Waals surface area contributed by atoms with Gasteiger partial charge >= 0.3 is 0 Å². The predicted octanol–water partition coefficient (Wildman–Crippen LogP) is 4.32. The van der Waals surface area contributed by atoms with Crippen LogP contribution in [0.2, 0.25) is 0 Å². The van der Waals surface area contributed by atoms with Crippen molar-refractivity contribution in [2.75, 3.05) is 12.4 Å². The largest absolute Gasteiger partial charge is 0.500 e. The van der Waals surface area contributed by atoms with Gasteiger partial charge < -0.3 is 4.74 Å². The molecule has 19 heavy (non-hydrogen) atoms. The van der Waals surface area contributed by atoms with Crippen molar-refractivity contribution in [3.8, 4) is 0 Å². The van der Waals surface area contributed by atoms with Gasteiger partial charge in [0.15, 0.2) is 0 Å². The van der Waals surface area contributed by atoms with E-state index in [4.69, 9.17) is 4.74 Å². The molecule has 0 amide bonds. The van der Waals surface area contributed by atoms with Gasteiger partial charge in [0.05, 0.1) is 11.0 Å². The quantitative estimate of drug-likeness (QED) is 0.719. The molecular formula is C16H28O2S. The normalized spacial score (nSPS) is 32.7. The minimum absolute atomic E-state index is 0.0872. The van der Waals surface area contributed by atoms with E-state index in [0.29, 0.717) is 6.61 Å². The fourth-order valence-corrected chi connectivity index (χ4v) is 4.99. The maximum Gasteiger partial charge on any atom is 0.104 e. The molecule has 2 unspecified atom stereocenters. The summed E-state index contributed by atoms with van der Waals surface area (Å²) in [4.78, 5) is 0. The molecule has 1 saturated carbocycles. The van der Waals surface area contributed by atoms with Crippen molar-refractivity contribution in [3.63, 3.8) is 0 Å². The molecule has 2 fully saturated rings. The lowest BCUT2D eigenvalue weighted by molar-refractivity contribution is 0.195. The summed E-state index contributed by atoms with van der Waals surface area (Å²) in [5.41, 5.74) is 1.45. The van der Waals surface area contributed by atoms with Crippen LogP contribution in [0.25, 0.3) is 0 Å². The molecule has 0 aromatic carbocycles. The average Bonchev–Trinajstić information content (AvgIpc) is 2.91. The summed E-state index contributed by atoms with van der Waals surface area (Å²) >= 11 is 0. The molecular weight excluding hydrogens is 256 g/mol. The number of hydrogen-bond acceptors (Lipinski definition) is 2. The summed E-state index contributed by atoms with van der Waals surface area (Å²) in [7, 11) is -0.722. The van der Waals surface area contributed by atoms with Crippen LogP contribution in [0.1, 0.15) is 71.1 Å². The molecule has 0 spiro atoms. The van der Waals surface area contributed by atoms with Gasteiger partial charge in [-0.25, -0.2) is 0 Å². The summed E-state index contributed by atoms with van der Waals surface area (Å²) < 4.78 is 18.3. The molecule has 0 radical (unpaired) electrons. The van der Waals surface area contributed by atoms with E-state index >= 15 is 0 Å². The molecule has 1 aliphatic heterocycles. The Hall–Kier alpha value is -0.310. The molecule has 0 aromatic rings. The van der Waals surface area contributed by atoms with Crippen molar-refractivity contribution < 1.29 is 8.95 Å². The number of rotatable bonds is 4. The Morgan fingerprint density at radius 2 is 1.89 bits per heavy atom. The first-order valence-electron chi connectivity index (χ1n) is 7.95. The van der Waals surface area contributed by atoms with Crippen molar-refractivity contribution in [1.29, 1.82) is 0 Å². The molecule has 3 heteroatoms. The zero-order chi connectivity index (χ0) is 13.6. The zero-order valence-corrected chi connectivity index (χ0v) is 13.1. The summed E-state index contributed by atoms with van der Waals surface area (Å²) in [5.74, 6) is 0.869. The van der Waals surface area contributed by atoms with Crippen LogP contribution in [-0.4, -0.2) is 21.3 Å². The molecule has 0 bridgehead atoms. The standard InChI is InChI=1S/C16H28O2S/c1-2-16(11-7-3-4-8-12-19(16)17)14-18-13-15-9-5-6-10-15/h13H,2-12,14H2,1H3. The van der Waals surface area contributed by atoms with Gasteiger partial charge in [0.1, 0.15) is 6.61 Å². The average molecular weight is 284 g/mol. The van der Waals surface area contributed by atoms with Gasteiger partial charge in [-0.05, 0) is 50.5 Å². The maximum atomic E-state index is 12.6. The second-order valence-corrected chi connectivity index (χ2v) is 8.01. The third-order valence-corrected chi connectivity index (χ3v) is 6.92. The Morgan fingerprint density at radius 1 is 1.16 bits per heavy atom. The van der Waals surface area contributed by atoms with Crippen LogP contribution in [0, 0.1) is 0 Å². The van der Waals surface area contributed by atoms with E-state index in [9.17, 15) is 4.21 Å². The first-order chi connectivity index (χ1) is 9.27. The highest BCUT2D eigenvalue weighted by Crippen LogP contribution is 2.31. The maximum absolute atomic E-state index is 12.6. The van der Waals surface area contributed by atoms with Gasteiger partial charge in [0.2, 0.25) is 0 Å². The lowest BCUT2D eigenvalue weighted by Gasteiger charge is -2.33. The Morgan fingerprint density at radius 3 is 2.63 bits per heavy atom. The lowest BCUT2D eigenvalue weighted by atomic mass is 9.97. The number of allylic oxidation sites excluding steroid dienone is 1. The minimum atomic E-state index is -0.722. The Kier molecular flexibility index (Phi) is 5.93. The van der Waals surface area contributed by atoms with Crippen molar-refractivity contribution in [2.45, 2.75) is 75.9 Å². The molecule has 110 valence electrons. The zero-order valence-electron chi connectivity index (χ0n) is 12.3. The fourth-order valence-electron chi connectivity index (χ4n) is 3.20. The monoisotopic (exact) mass is 284 g/mol. The van der Waals surface area contributed by atoms with E-state index in [1.165, 1.54) is 50.5 Å². The molecule has 2 atom stereocenters. The van der Waals surface area contributed by atoms with Crippen LogP contribution in [-0.2, 0) is 15.5 Å². The van der Waals surface area contributed by atoms with Crippen molar-refractivity contribution >= 4 is 10.8 Å². The van der Waals surface area contributed by atoms with E-state index < -0.39 is 10.8 Å². The van der Waals surface area contributed by atoms with Crippen LogP contribution in [0.15, 0.2) is 11.8 Å². The highest BCUT2D eigenvalue weighted by Gasteiger charge is 2.35. The lowest BCUT2D eigenvalue weighted by Crippen LogP contribution is -2.40. The second-order valence-electron chi connectivity index (χ2n) is 6.04. The summed E-state index contributed by atoms with van der Waals surface area (Å²) in [5, 5.41) is 0. The van der Waals surface area contributed by atoms with Crippen molar-refractivity contribution in [1.82, 2.24) is 0 Å². The summed E-state index contributed by atoms with van der Waals surface area (Å²) in [6.07, 6.45) is 13.9. The summed E-state index contributed by atoms with van der Waals surface area (Å²) in [6, 6.07) is 0. The van der Waals surface area contributed by atoms with Gasteiger partial charge in [-0.15, -0.1) is 0 Å². The Balaban J connectivity index is 1.94. The third-order valence-electron chi connectivity index (χ3n) is 4.68. The van der Waals surface area contributed by atoms with Crippen molar-refractivity contribution in [3.05, 3.63) is 11.8 Å². The van der Waals surface area contributed by atoms with Gasteiger partial charge in [0.25, 0.3) is 0 Å². The highest BCUT2D eigenvalue weighted by molar-refractivity contribution is 7.86. The number of ether oxygens (including phenoxy) is 1. The molecule has 0 N–H and O–H groups in total. The van der Waals surface area contributed by atoms with Crippen LogP contribution < -0.4 is 0 Å². The highest BCUT2D eigenvalue weighted by atomic mass is 32.2. The molecule has 2 rings (SSSR count). The molecule has 1 heterocycles. The summed E-state index contributed by atoms with van der Waals surface area (Å²) in [6.45, 7) is 2.82. The van der Waals surface area contributed by atoms with Crippen molar-refractivity contribution in [2.24, 2.45) is 0 Å². The molecule has 1 aliphatic carbocycles. The van der Waals surface area contributed by atoms with E-state index in [2.05, 4.69) is 6.92 Å². The fraction of sp³-hybridized carbons (Fsp3) is 0.875. The van der Waals surface area contributed by atoms with E-state index in [-0.39, 0.29) is 4.75 Å². The van der Waals surface area contributed by atoms with E-state index in [0.717, 1.165) is 25.0 Å². The smallest absolute Gasteiger partial charge is 0.104 e. The van der Waals surface area contributed by atoms with Crippen LogP contribution in [0.5, 0.6) is 0 Å². The predicted molar refractivity (Wildman–Crippen MR) is 81.6 cm³/mol. The first-order valence-corrected chi connectivity index (χ1v) is 9.27. The van der Waals surface area contributed by atoms with E-state index in [1.807, 2.05) is 6.26 Å². The van der Waals surface area contributed by atoms with Crippen LogP contribution in [0.4, 0.5) is 0 Å². The van der Waals surface area contributed by atoms with Crippen LogP contribution in [0.3, 0.4) is 0 Å². The van der Waals surface area contributed by atoms with Crippen LogP contribution >= 0.6 is 0 Å². The third kappa shape index (κ3) is 4.08. The first kappa shape index (κ1) is 15.1. The van der Waals surface area contributed by atoms with Gasteiger partial charge in [-0.3, -0.25) is 4.21 Å². The molecule has 0 aromatic heterocycles. The number of hydrogen-bond donors (Lipinski definition) is 0. The van der Waals surface area contributed by atoms with Gasteiger partial charge in [0, 0.05) is 16.6 Å². The molecule has 2 nitrogen and oxygen atoms in total. The molecule has 1 saturated heterocycles. The van der Waals surface area contributed by atoms with Gasteiger partial charge in [-0.2, -0.15) is 0 Å². The van der Waals surface area contributed by atoms with Gasteiger partial charge in [-0.1, -0.05) is 26.2 Å². The van der Waals surface area contributed by atoms with E-state index in [1.54, 1.807) is 0 Å². The Bertz CT molecular complexity index is 330. The molecule has 2 aliphatic rings. The SMILES string of the molecule is CCC1(COC=C2CCCC2)CCCCCCS1=O. The minimum Gasteiger partial charge on any atom is -0.500 e. The Labute approximate surface area is 120 Å².